The highest BCUT2D eigenvalue weighted by Crippen LogP contribution is 2.40. The molecular weight excluding hydrogens is 380 g/mol. The Bertz CT molecular complexity index is 763. The number of rotatable bonds is 5. The minimum atomic E-state index is -0.767. The summed E-state index contributed by atoms with van der Waals surface area (Å²) in [7, 11) is 0. The lowest BCUT2D eigenvalue weighted by Gasteiger charge is -2.36. The number of nitrogens with zero attached hydrogens (tertiary/aromatic N) is 1. The Labute approximate surface area is 181 Å². The van der Waals surface area contributed by atoms with Crippen molar-refractivity contribution in [3.8, 4) is 0 Å². The number of hydrogen-bond acceptors (Lipinski definition) is 5. The quantitative estimate of drug-likeness (QED) is 0.721. The standard InChI is InChI=1S/C24H38N2O4/c1-22(2,3)29-20(27)24(7,14-17-9-8-10-18(13-17)15-25)19-11-12-26(16-19)21(28)30-23(4,5)6/h8-10,13,19H,11-12,14-16,25H2,1-7H3/t19-,24?/m0/s1. The molecule has 2 atom stereocenters. The van der Waals surface area contributed by atoms with Crippen LogP contribution >= 0.6 is 0 Å². The van der Waals surface area contributed by atoms with Gasteiger partial charge < -0.3 is 20.1 Å². The summed E-state index contributed by atoms with van der Waals surface area (Å²) < 4.78 is 11.4. The zero-order valence-electron chi connectivity index (χ0n) is 19.6. The molecule has 0 spiro atoms. The van der Waals surface area contributed by atoms with E-state index in [0.29, 0.717) is 26.1 Å². The minimum Gasteiger partial charge on any atom is -0.460 e. The molecule has 2 rings (SSSR count). The van der Waals surface area contributed by atoms with Crippen LogP contribution in [0.25, 0.3) is 0 Å². The SMILES string of the molecule is CC(C)(C)OC(=O)N1CC[C@H](C(C)(Cc2cccc(CN)c2)C(=O)OC(C)(C)C)C1. The first-order valence-corrected chi connectivity index (χ1v) is 10.7. The Morgan fingerprint density at radius 3 is 2.20 bits per heavy atom. The summed E-state index contributed by atoms with van der Waals surface area (Å²) in [4.78, 5) is 27.6. The van der Waals surface area contributed by atoms with Crippen molar-refractivity contribution in [3.05, 3.63) is 35.4 Å². The fraction of sp³-hybridized carbons (Fsp3) is 0.667. The molecule has 6 heteroatoms. The fourth-order valence-corrected chi connectivity index (χ4v) is 3.84. The van der Waals surface area contributed by atoms with Gasteiger partial charge in [0.25, 0.3) is 0 Å². The molecule has 1 saturated heterocycles. The van der Waals surface area contributed by atoms with Crippen LogP contribution in [-0.2, 0) is 27.2 Å². The maximum Gasteiger partial charge on any atom is 0.410 e. The van der Waals surface area contributed by atoms with E-state index in [1.165, 1.54) is 0 Å². The molecule has 0 saturated carbocycles. The van der Waals surface area contributed by atoms with E-state index in [0.717, 1.165) is 17.5 Å². The van der Waals surface area contributed by atoms with Crippen molar-refractivity contribution >= 4 is 12.1 Å². The summed E-state index contributed by atoms with van der Waals surface area (Å²) in [5.41, 5.74) is 5.97. The van der Waals surface area contributed by atoms with Gasteiger partial charge in [-0.2, -0.15) is 0 Å². The predicted octanol–water partition coefficient (Wildman–Crippen LogP) is 4.29. The molecule has 0 aliphatic carbocycles. The molecule has 1 aromatic carbocycles. The highest BCUT2D eigenvalue weighted by molar-refractivity contribution is 5.78. The monoisotopic (exact) mass is 418 g/mol. The maximum atomic E-state index is 13.4. The van der Waals surface area contributed by atoms with Gasteiger partial charge in [0.1, 0.15) is 11.2 Å². The summed E-state index contributed by atoms with van der Waals surface area (Å²) >= 11 is 0. The number of esters is 1. The van der Waals surface area contributed by atoms with E-state index in [1.807, 2.05) is 72.7 Å². The average molecular weight is 419 g/mol. The topological polar surface area (TPSA) is 81.9 Å². The molecule has 1 aromatic rings. The first-order chi connectivity index (χ1) is 13.7. The van der Waals surface area contributed by atoms with Gasteiger partial charge in [-0.1, -0.05) is 24.3 Å². The fourth-order valence-electron chi connectivity index (χ4n) is 3.84. The largest absolute Gasteiger partial charge is 0.460 e. The van der Waals surface area contributed by atoms with Crippen molar-refractivity contribution in [2.75, 3.05) is 13.1 Å². The van der Waals surface area contributed by atoms with E-state index in [9.17, 15) is 9.59 Å². The van der Waals surface area contributed by atoms with Gasteiger partial charge in [-0.05, 0) is 78.4 Å². The number of hydrogen-bond donors (Lipinski definition) is 1. The van der Waals surface area contributed by atoms with E-state index < -0.39 is 16.6 Å². The summed E-state index contributed by atoms with van der Waals surface area (Å²) in [5.74, 6) is -0.259. The Hall–Kier alpha value is -2.08. The number of carbonyl (C=O) groups excluding carboxylic acids is 2. The Morgan fingerprint density at radius 2 is 1.63 bits per heavy atom. The average Bonchev–Trinajstić information content (AvgIpc) is 3.09. The van der Waals surface area contributed by atoms with Crippen LogP contribution in [0.5, 0.6) is 0 Å². The molecular formula is C24H38N2O4. The van der Waals surface area contributed by atoms with Gasteiger partial charge in [0.15, 0.2) is 0 Å². The number of carbonyl (C=O) groups is 2. The predicted molar refractivity (Wildman–Crippen MR) is 118 cm³/mol. The van der Waals surface area contributed by atoms with Crippen LogP contribution in [0.3, 0.4) is 0 Å². The van der Waals surface area contributed by atoms with Crippen LogP contribution in [0.2, 0.25) is 0 Å². The first kappa shape index (κ1) is 24.2. The third kappa shape index (κ3) is 6.46. The molecule has 2 N–H and O–H groups in total. The third-order valence-electron chi connectivity index (χ3n) is 5.40. The number of benzene rings is 1. The van der Waals surface area contributed by atoms with Crippen molar-refractivity contribution in [1.82, 2.24) is 4.90 Å². The lowest BCUT2D eigenvalue weighted by atomic mass is 9.72. The van der Waals surface area contributed by atoms with Gasteiger partial charge >= 0.3 is 12.1 Å². The highest BCUT2D eigenvalue weighted by atomic mass is 16.6. The van der Waals surface area contributed by atoms with Crippen molar-refractivity contribution in [3.63, 3.8) is 0 Å². The second-order valence-corrected chi connectivity index (χ2v) is 10.5. The molecule has 1 aliphatic heterocycles. The molecule has 1 fully saturated rings. The van der Waals surface area contributed by atoms with Gasteiger partial charge in [0.2, 0.25) is 0 Å². The normalized spacial score (nSPS) is 19.3. The van der Waals surface area contributed by atoms with E-state index >= 15 is 0 Å². The van der Waals surface area contributed by atoms with Crippen LogP contribution in [0, 0.1) is 11.3 Å². The van der Waals surface area contributed by atoms with Gasteiger partial charge in [0.05, 0.1) is 5.41 Å². The van der Waals surface area contributed by atoms with Crippen LogP contribution in [0.4, 0.5) is 4.79 Å². The zero-order chi connectivity index (χ0) is 22.7. The molecule has 1 heterocycles. The Morgan fingerprint density at radius 1 is 1.03 bits per heavy atom. The summed E-state index contributed by atoms with van der Waals surface area (Å²) in [6.07, 6.45) is 0.926. The molecule has 1 aliphatic rings. The summed E-state index contributed by atoms with van der Waals surface area (Å²) in [5, 5.41) is 0. The number of likely N-dealkylation sites (tertiary alicyclic amines) is 1. The Kier molecular flexibility index (Phi) is 7.23. The molecule has 0 radical (unpaired) electrons. The van der Waals surface area contributed by atoms with Gasteiger partial charge in [-0.25, -0.2) is 4.79 Å². The minimum absolute atomic E-state index is 0.0265. The van der Waals surface area contributed by atoms with Crippen LogP contribution < -0.4 is 5.73 Å². The third-order valence-corrected chi connectivity index (χ3v) is 5.40. The van der Waals surface area contributed by atoms with E-state index in [-0.39, 0.29) is 18.0 Å². The molecule has 1 unspecified atom stereocenters. The van der Waals surface area contributed by atoms with E-state index in [2.05, 4.69) is 0 Å². The van der Waals surface area contributed by atoms with Crippen molar-refractivity contribution < 1.29 is 19.1 Å². The molecule has 6 nitrogen and oxygen atoms in total. The molecule has 1 amide bonds. The smallest absolute Gasteiger partial charge is 0.410 e. The van der Waals surface area contributed by atoms with Gasteiger partial charge in [-0.15, -0.1) is 0 Å². The summed E-state index contributed by atoms with van der Waals surface area (Å²) in [6, 6.07) is 8.01. The number of ether oxygens (including phenoxy) is 2. The number of nitrogens with two attached hydrogens (primary N) is 1. The van der Waals surface area contributed by atoms with Crippen molar-refractivity contribution in [1.29, 1.82) is 0 Å². The molecule has 0 aromatic heterocycles. The zero-order valence-corrected chi connectivity index (χ0v) is 19.6. The highest BCUT2D eigenvalue weighted by Gasteiger charge is 2.47. The lowest BCUT2D eigenvalue weighted by molar-refractivity contribution is -0.170. The second kappa shape index (κ2) is 8.96. The van der Waals surface area contributed by atoms with Crippen molar-refractivity contribution in [2.45, 2.75) is 79.1 Å². The summed E-state index contributed by atoms with van der Waals surface area (Å²) in [6.45, 7) is 14.6. The van der Waals surface area contributed by atoms with Crippen molar-refractivity contribution in [2.24, 2.45) is 17.1 Å². The Balaban J connectivity index is 2.27. The van der Waals surface area contributed by atoms with Crippen LogP contribution in [0.15, 0.2) is 24.3 Å². The number of amides is 1. The second-order valence-electron chi connectivity index (χ2n) is 10.5. The lowest BCUT2D eigenvalue weighted by Crippen LogP contribution is -2.44. The van der Waals surface area contributed by atoms with Gasteiger partial charge in [0, 0.05) is 19.6 Å². The van der Waals surface area contributed by atoms with Crippen LogP contribution in [0.1, 0.15) is 66.0 Å². The maximum absolute atomic E-state index is 13.4. The molecule has 168 valence electrons. The molecule has 30 heavy (non-hydrogen) atoms. The molecule has 0 bridgehead atoms. The van der Waals surface area contributed by atoms with Gasteiger partial charge in [-0.3, -0.25) is 4.79 Å². The van der Waals surface area contributed by atoms with E-state index in [4.69, 9.17) is 15.2 Å². The first-order valence-electron chi connectivity index (χ1n) is 10.7. The van der Waals surface area contributed by atoms with Crippen LogP contribution in [-0.4, -0.2) is 41.3 Å². The van der Waals surface area contributed by atoms with E-state index in [1.54, 1.807) is 4.90 Å².